The van der Waals surface area contributed by atoms with Crippen LogP contribution in [0.5, 0.6) is 5.75 Å². The minimum atomic E-state index is -0.0999. The van der Waals surface area contributed by atoms with Gasteiger partial charge in [0.2, 0.25) is 6.41 Å². The molecule has 0 bridgehead atoms. The molecule has 1 aromatic heterocycles. The van der Waals surface area contributed by atoms with Crippen LogP contribution in [0.15, 0.2) is 36.5 Å². The third kappa shape index (κ3) is 1.87. The SMILES string of the molecule is COc1ccc2c(c1)N(C=O)C(C)c1cccnc1N2. The van der Waals surface area contributed by atoms with Crippen molar-refractivity contribution in [2.24, 2.45) is 0 Å². The fraction of sp³-hybridized carbons (Fsp3) is 0.200. The van der Waals surface area contributed by atoms with Gasteiger partial charge in [-0.05, 0) is 25.1 Å². The van der Waals surface area contributed by atoms with Crippen LogP contribution >= 0.6 is 0 Å². The molecule has 20 heavy (non-hydrogen) atoms. The van der Waals surface area contributed by atoms with Crippen molar-refractivity contribution in [1.82, 2.24) is 4.98 Å². The molecule has 102 valence electrons. The molecule has 0 saturated heterocycles. The largest absolute Gasteiger partial charge is 0.497 e. The zero-order chi connectivity index (χ0) is 14.1. The molecule has 3 rings (SSSR count). The number of hydrogen-bond donors (Lipinski definition) is 1. The summed E-state index contributed by atoms with van der Waals surface area (Å²) in [7, 11) is 1.61. The predicted octanol–water partition coefficient (Wildman–Crippen LogP) is 2.87. The van der Waals surface area contributed by atoms with Gasteiger partial charge < -0.3 is 15.0 Å². The number of carbonyl (C=O) groups is 1. The summed E-state index contributed by atoms with van der Waals surface area (Å²) < 4.78 is 5.24. The molecule has 1 amide bonds. The van der Waals surface area contributed by atoms with Gasteiger partial charge in [0.15, 0.2) is 0 Å². The second-order valence-corrected chi connectivity index (χ2v) is 4.64. The normalized spacial score (nSPS) is 16.5. The summed E-state index contributed by atoms with van der Waals surface area (Å²) in [6.07, 6.45) is 2.57. The van der Waals surface area contributed by atoms with E-state index in [0.29, 0.717) is 5.75 Å². The molecule has 0 fully saturated rings. The van der Waals surface area contributed by atoms with E-state index in [4.69, 9.17) is 4.74 Å². The summed E-state index contributed by atoms with van der Waals surface area (Å²) in [5.74, 6) is 1.49. The number of pyridine rings is 1. The Morgan fingerprint density at radius 1 is 1.40 bits per heavy atom. The summed E-state index contributed by atoms with van der Waals surface area (Å²) in [6.45, 7) is 1.98. The molecule has 1 atom stereocenters. The van der Waals surface area contributed by atoms with E-state index < -0.39 is 0 Å². The molecule has 2 heterocycles. The molecule has 0 aliphatic carbocycles. The van der Waals surface area contributed by atoms with Crippen molar-refractivity contribution in [2.75, 3.05) is 17.3 Å². The maximum Gasteiger partial charge on any atom is 0.214 e. The highest BCUT2D eigenvalue weighted by Gasteiger charge is 2.26. The van der Waals surface area contributed by atoms with Gasteiger partial charge >= 0.3 is 0 Å². The first kappa shape index (κ1) is 12.5. The molecule has 2 aromatic rings. The average molecular weight is 269 g/mol. The number of hydrogen-bond acceptors (Lipinski definition) is 4. The van der Waals surface area contributed by atoms with Gasteiger partial charge in [-0.2, -0.15) is 0 Å². The number of nitrogens with one attached hydrogen (secondary N) is 1. The Hall–Kier alpha value is -2.56. The van der Waals surface area contributed by atoms with Crippen LogP contribution < -0.4 is 15.0 Å². The van der Waals surface area contributed by atoms with Crippen LogP contribution in [0.1, 0.15) is 18.5 Å². The Labute approximate surface area is 117 Å². The summed E-state index contributed by atoms with van der Waals surface area (Å²) in [5.41, 5.74) is 2.60. The van der Waals surface area contributed by atoms with Crippen molar-refractivity contribution < 1.29 is 9.53 Å². The van der Waals surface area contributed by atoms with E-state index in [2.05, 4.69) is 10.3 Å². The molecule has 1 aliphatic rings. The Morgan fingerprint density at radius 2 is 2.25 bits per heavy atom. The van der Waals surface area contributed by atoms with E-state index in [0.717, 1.165) is 29.2 Å². The van der Waals surface area contributed by atoms with Gasteiger partial charge in [0.05, 0.1) is 24.5 Å². The van der Waals surface area contributed by atoms with E-state index in [1.807, 2.05) is 37.3 Å². The summed E-state index contributed by atoms with van der Waals surface area (Å²) in [6, 6.07) is 9.33. The van der Waals surface area contributed by atoms with Crippen molar-refractivity contribution in [2.45, 2.75) is 13.0 Å². The number of rotatable bonds is 2. The second-order valence-electron chi connectivity index (χ2n) is 4.64. The van der Waals surface area contributed by atoms with Gasteiger partial charge in [-0.3, -0.25) is 4.79 Å². The first-order valence-corrected chi connectivity index (χ1v) is 6.38. The monoisotopic (exact) mass is 269 g/mol. The van der Waals surface area contributed by atoms with Crippen LogP contribution in [0, 0.1) is 0 Å². The van der Waals surface area contributed by atoms with Crippen LogP contribution in [0.4, 0.5) is 17.2 Å². The molecule has 5 nitrogen and oxygen atoms in total. The number of carbonyl (C=O) groups excluding carboxylic acids is 1. The summed E-state index contributed by atoms with van der Waals surface area (Å²) in [5, 5.41) is 3.28. The lowest BCUT2D eigenvalue weighted by atomic mass is 10.1. The van der Waals surface area contributed by atoms with Gasteiger partial charge in [-0.1, -0.05) is 6.07 Å². The van der Waals surface area contributed by atoms with Crippen LogP contribution in [0.25, 0.3) is 0 Å². The molecular formula is C15H15N3O2. The fourth-order valence-corrected chi connectivity index (χ4v) is 2.45. The van der Waals surface area contributed by atoms with Crippen LogP contribution in [0.3, 0.4) is 0 Å². The topological polar surface area (TPSA) is 54.5 Å². The van der Waals surface area contributed by atoms with Crippen molar-refractivity contribution in [3.63, 3.8) is 0 Å². The Balaban J connectivity index is 2.20. The zero-order valence-corrected chi connectivity index (χ0v) is 11.3. The highest BCUT2D eigenvalue weighted by molar-refractivity contribution is 5.89. The first-order valence-electron chi connectivity index (χ1n) is 6.38. The lowest BCUT2D eigenvalue weighted by Gasteiger charge is -2.24. The summed E-state index contributed by atoms with van der Waals surface area (Å²) in [4.78, 5) is 17.6. The van der Waals surface area contributed by atoms with Crippen molar-refractivity contribution in [3.05, 3.63) is 42.1 Å². The third-order valence-corrected chi connectivity index (χ3v) is 3.56. The van der Waals surface area contributed by atoms with Crippen LogP contribution in [-0.4, -0.2) is 18.5 Å². The number of methoxy groups -OCH3 is 1. The van der Waals surface area contributed by atoms with Crippen molar-refractivity contribution in [3.8, 4) is 5.75 Å². The lowest BCUT2D eigenvalue weighted by Crippen LogP contribution is -2.24. The van der Waals surface area contributed by atoms with Crippen LogP contribution in [0.2, 0.25) is 0 Å². The first-order chi connectivity index (χ1) is 9.74. The minimum Gasteiger partial charge on any atom is -0.497 e. The van der Waals surface area contributed by atoms with Gasteiger partial charge in [0.25, 0.3) is 0 Å². The van der Waals surface area contributed by atoms with Gasteiger partial charge in [-0.15, -0.1) is 0 Å². The van der Waals surface area contributed by atoms with Gasteiger partial charge in [0, 0.05) is 17.8 Å². The van der Waals surface area contributed by atoms with E-state index >= 15 is 0 Å². The number of ether oxygens (including phenoxy) is 1. The minimum absolute atomic E-state index is 0.0999. The number of amides is 1. The Kier molecular flexibility index (Phi) is 3.02. The van der Waals surface area contributed by atoms with E-state index in [9.17, 15) is 4.79 Å². The molecular weight excluding hydrogens is 254 g/mol. The summed E-state index contributed by atoms with van der Waals surface area (Å²) >= 11 is 0. The number of anilines is 3. The van der Waals surface area contributed by atoms with E-state index in [-0.39, 0.29) is 6.04 Å². The van der Waals surface area contributed by atoms with E-state index in [1.165, 1.54) is 0 Å². The molecule has 0 saturated carbocycles. The predicted molar refractivity (Wildman–Crippen MR) is 77.5 cm³/mol. The Morgan fingerprint density at radius 3 is 3.00 bits per heavy atom. The molecule has 0 radical (unpaired) electrons. The number of aromatic nitrogens is 1. The number of benzene rings is 1. The third-order valence-electron chi connectivity index (χ3n) is 3.56. The fourth-order valence-electron chi connectivity index (χ4n) is 2.45. The molecule has 1 aliphatic heterocycles. The van der Waals surface area contributed by atoms with Crippen molar-refractivity contribution >= 4 is 23.6 Å². The van der Waals surface area contributed by atoms with Crippen LogP contribution in [-0.2, 0) is 4.79 Å². The number of fused-ring (bicyclic) bond motifs is 2. The number of nitrogens with zero attached hydrogens (tertiary/aromatic N) is 2. The van der Waals surface area contributed by atoms with Gasteiger partial charge in [-0.25, -0.2) is 4.98 Å². The maximum absolute atomic E-state index is 11.5. The smallest absolute Gasteiger partial charge is 0.214 e. The van der Waals surface area contributed by atoms with Gasteiger partial charge in [0.1, 0.15) is 11.6 Å². The highest BCUT2D eigenvalue weighted by Crippen LogP contribution is 2.41. The molecule has 1 unspecified atom stereocenters. The van der Waals surface area contributed by atoms with Crippen molar-refractivity contribution in [1.29, 1.82) is 0 Å². The quantitative estimate of drug-likeness (QED) is 0.852. The average Bonchev–Trinajstić information content (AvgIpc) is 2.60. The maximum atomic E-state index is 11.5. The molecule has 1 N–H and O–H groups in total. The molecule has 0 spiro atoms. The highest BCUT2D eigenvalue weighted by atomic mass is 16.5. The molecule has 5 heteroatoms. The standard InChI is InChI=1S/C15H15N3O2/c1-10-12-4-3-7-16-15(12)17-13-6-5-11(20-2)8-14(13)18(10)9-19/h3-10H,1-2H3,(H,16,17). The van der Waals surface area contributed by atoms with E-state index in [1.54, 1.807) is 18.2 Å². The lowest BCUT2D eigenvalue weighted by molar-refractivity contribution is -0.107. The molecule has 1 aromatic carbocycles. The Bertz CT molecular complexity index is 657. The zero-order valence-electron chi connectivity index (χ0n) is 11.3. The second kappa shape index (κ2) is 4.85.